The summed E-state index contributed by atoms with van der Waals surface area (Å²) in [5.74, 6) is 0.248. The van der Waals surface area contributed by atoms with Gasteiger partial charge in [0.2, 0.25) is 0 Å². The van der Waals surface area contributed by atoms with Crippen molar-refractivity contribution in [3.8, 4) is 0 Å². The Morgan fingerprint density at radius 2 is 2.00 bits per heavy atom. The third kappa shape index (κ3) is 4.01. The first kappa shape index (κ1) is 15.0. The van der Waals surface area contributed by atoms with Gasteiger partial charge in [0.1, 0.15) is 0 Å². The number of hydrogen-bond acceptors (Lipinski definition) is 4. The Balaban J connectivity index is 2.81. The Morgan fingerprint density at radius 1 is 1.44 bits per heavy atom. The summed E-state index contributed by atoms with van der Waals surface area (Å²) in [6.07, 6.45) is 0.662. The zero-order valence-corrected chi connectivity index (χ0v) is 11.3. The molecule has 100 valence electrons. The minimum atomic E-state index is -0.546. The Bertz CT molecular complexity index is 417. The van der Waals surface area contributed by atoms with Crippen LogP contribution in [0.5, 0.6) is 0 Å². The molecule has 0 heterocycles. The van der Waals surface area contributed by atoms with E-state index >= 15 is 0 Å². The molecule has 1 unspecified atom stereocenters. The lowest BCUT2D eigenvalue weighted by molar-refractivity contribution is -0.384. The molecule has 2 N–H and O–H groups in total. The standard InChI is InChI=1S/C11H14Cl2N2O3/c1-7(2-3-16)6-14-11-9(12)4-8(15(17)18)5-10(11)13/h4-5,7,14,16H,2-3,6H2,1H3. The van der Waals surface area contributed by atoms with Gasteiger partial charge in [-0.2, -0.15) is 0 Å². The van der Waals surface area contributed by atoms with E-state index in [1.165, 1.54) is 12.1 Å². The number of anilines is 1. The molecule has 7 heteroatoms. The monoisotopic (exact) mass is 292 g/mol. The van der Waals surface area contributed by atoms with Crippen LogP contribution in [-0.2, 0) is 0 Å². The molecule has 0 bridgehead atoms. The first-order valence-electron chi connectivity index (χ1n) is 5.44. The van der Waals surface area contributed by atoms with Crippen molar-refractivity contribution in [3.63, 3.8) is 0 Å². The van der Waals surface area contributed by atoms with Gasteiger partial charge in [-0.05, 0) is 12.3 Å². The van der Waals surface area contributed by atoms with Crippen LogP contribution < -0.4 is 5.32 Å². The maximum atomic E-state index is 10.6. The molecule has 5 nitrogen and oxygen atoms in total. The molecule has 0 amide bonds. The van der Waals surface area contributed by atoms with Gasteiger partial charge in [-0.15, -0.1) is 0 Å². The maximum Gasteiger partial charge on any atom is 0.272 e. The van der Waals surface area contributed by atoms with Crippen LogP contribution in [0.1, 0.15) is 13.3 Å². The Hall–Kier alpha value is -1.04. The normalized spacial score (nSPS) is 12.2. The van der Waals surface area contributed by atoms with Crippen LogP contribution in [-0.4, -0.2) is 23.2 Å². The van der Waals surface area contributed by atoms with Gasteiger partial charge in [-0.25, -0.2) is 0 Å². The van der Waals surface area contributed by atoms with Crippen molar-refractivity contribution >= 4 is 34.6 Å². The fourth-order valence-electron chi connectivity index (χ4n) is 1.43. The minimum absolute atomic E-state index is 0.116. The molecule has 1 rings (SSSR count). The molecule has 18 heavy (non-hydrogen) atoms. The van der Waals surface area contributed by atoms with Crippen LogP contribution in [0.4, 0.5) is 11.4 Å². The van der Waals surface area contributed by atoms with Crippen LogP contribution in [0.25, 0.3) is 0 Å². The zero-order chi connectivity index (χ0) is 13.7. The molecule has 1 aromatic carbocycles. The number of nitro groups is 1. The fourth-order valence-corrected chi connectivity index (χ4v) is 2.04. The van der Waals surface area contributed by atoms with Crippen molar-refractivity contribution in [1.29, 1.82) is 0 Å². The van der Waals surface area contributed by atoms with Gasteiger partial charge in [0.15, 0.2) is 0 Å². The van der Waals surface area contributed by atoms with Crippen molar-refractivity contribution < 1.29 is 10.0 Å². The summed E-state index contributed by atoms with van der Waals surface area (Å²) in [6, 6.07) is 2.51. The fraction of sp³-hybridized carbons (Fsp3) is 0.455. The summed E-state index contributed by atoms with van der Waals surface area (Å²) < 4.78 is 0. The lowest BCUT2D eigenvalue weighted by atomic mass is 10.1. The quantitative estimate of drug-likeness (QED) is 0.623. The van der Waals surface area contributed by atoms with Gasteiger partial charge < -0.3 is 10.4 Å². The number of rotatable bonds is 6. The number of aliphatic hydroxyl groups excluding tert-OH is 1. The Labute approximate surface area is 115 Å². The lowest BCUT2D eigenvalue weighted by Crippen LogP contribution is -2.13. The summed E-state index contributed by atoms with van der Waals surface area (Å²) in [7, 11) is 0. The molecule has 0 aromatic heterocycles. The van der Waals surface area contributed by atoms with E-state index in [-0.39, 0.29) is 28.3 Å². The largest absolute Gasteiger partial charge is 0.396 e. The summed E-state index contributed by atoms with van der Waals surface area (Å²) in [6.45, 7) is 2.67. The van der Waals surface area contributed by atoms with E-state index in [0.29, 0.717) is 18.7 Å². The predicted octanol–water partition coefficient (Wildman–Crippen LogP) is 3.33. The number of nitrogens with one attached hydrogen (secondary N) is 1. The van der Waals surface area contributed by atoms with E-state index in [9.17, 15) is 10.1 Å². The first-order chi connectivity index (χ1) is 8.45. The van der Waals surface area contributed by atoms with Gasteiger partial charge >= 0.3 is 0 Å². The second-order valence-electron chi connectivity index (χ2n) is 4.04. The average molecular weight is 293 g/mol. The first-order valence-corrected chi connectivity index (χ1v) is 6.19. The molecule has 0 saturated carbocycles. The Kier molecular flexibility index (Phi) is 5.65. The van der Waals surface area contributed by atoms with E-state index in [1.807, 2.05) is 6.92 Å². The molecule has 0 radical (unpaired) electrons. The number of halogens is 2. The highest BCUT2D eigenvalue weighted by atomic mass is 35.5. The molecule has 0 fully saturated rings. The van der Waals surface area contributed by atoms with Crippen LogP contribution in [0.2, 0.25) is 10.0 Å². The van der Waals surface area contributed by atoms with Gasteiger partial charge in [0, 0.05) is 25.3 Å². The molecule has 0 aliphatic rings. The van der Waals surface area contributed by atoms with Crippen molar-refractivity contribution in [1.82, 2.24) is 0 Å². The number of nitrogens with zero attached hydrogens (tertiary/aromatic N) is 1. The summed E-state index contributed by atoms with van der Waals surface area (Å²) in [5, 5.41) is 22.9. The van der Waals surface area contributed by atoms with Gasteiger partial charge in [-0.3, -0.25) is 10.1 Å². The summed E-state index contributed by atoms with van der Waals surface area (Å²) in [4.78, 5) is 10.1. The van der Waals surface area contributed by atoms with Gasteiger partial charge in [0.05, 0.1) is 20.7 Å². The zero-order valence-electron chi connectivity index (χ0n) is 9.82. The molecular formula is C11H14Cl2N2O3. The van der Waals surface area contributed by atoms with Crippen molar-refractivity contribution in [3.05, 3.63) is 32.3 Å². The minimum Gasteiger partial charge on any atom is -0.396 e. The van der Waals surface area contributed by atoms with Crippen molar-refractivity contribution in [2.45, 2.75) is 13.3 Å². The third-order valence-electron chi connectivity index (χ3n) is 2.49. The second kappa shape index (κ2) is 6.78. The molecule has 0 saturated heterocycles. The third-order valence-corrected chi connectivity index (χ3v) is 3.08. The highest BCUT2D eigenvalue weighted by molar-refractivity contribution is 6.39. The second-order valence-corrected chi connectivity index (χ2v) is 4.85. The summed E-state index contributed by atoms with van der Waals surface area (Å²) >= 11 is 11.9. The highest BCUT2D eigenvalue weighted by Crippen LogP contribution is 2.34. The number of benzene rings is 1. The number of hydrogen-bond donors (Lipinski definition) is 2. The van der Waals surface area contributed by atoms with Crippen LogP contribution in [0.3, 0.4) is 0 Å². The van der Waals surface area contributed by atoms with Crippen molar-refractivity contribution in [2.24, 2.45) is 5.92 Å². The smallest absolute Gasteiger partial charge is 0.272 e. The molecule has 1 aromatic rings. The topological polar surface area (TPSA) is 75.4 Å². The van der Waals surface area contributed by atoms with Crippen molar-refractivity contribution in [2.75, 3.05) is 18.5 Å². The number of non-ortho nitro benzene ring substituents is 1. The van der Waals surface area contributed by atoms with E-state index < -0.39 is 4.92 Å². The maximum absolute atomic E-state index is 10.6. The molecule has 1 atom stereocenters. The van der Waals surface area contributed by atoms with Crippen LogP contribution >= 0.6 is 23.2 Å². The van der Waals surface area contributed by atoms with Gasteiger partial charge in [0.25, 0.3) is 5.69 Å². The van der Waals surface area contributed by atoms with E-state index in [2.05, 4.69) is 5.32 Å². The lowest BCUT2D eigenvalue weighted by Gasteiger charge is -2.14. The van der Waals surface area contributed by atoms with Crippen LogP contribution in [0.15, 0.2) is 12.1 Å². The predicted molar refractivity (Wildman–Crippen MR) is 72.5 cm³/mol. The SMILES string of the molecule is CC(CCO)CNc1c(Cl)cc([N+](=O)[O-])cc1Cl. The van der Waals surface area contributed by atoms with E-state index in [4.69, 9.17) is 28.3 Å². The Morgan fingerprint density at radius 3 is 2.44 bits per heavy atom. The van der Waals surface area contributed by atoms with Gasteiger partial charge in [-0.1, -0.05) is 30.1 Å². The van der Waals surface area contributed by atoms with E-state index in [1.54, 1.807) is 0 Å². The molecule has 0 spiro atoms. The molecule has 0 aliphatic carbocycles. The average Bonchev–Trinajstić information content (AvgIpc) is 2.27. The molecular weight excluding hydrogens is 279 g/mol. The summed E-state index contributed by atoms with van der Waals surface area (Å²) in [5.41, 5.74) is 0.340. The van der Waals surface area contributed by atoms with Crippen LogP contribution in [0, 0.1) is 16.0 Å². The highest BCUT2D eigenvalue weighted by Gasteiger charge is 2.14. The number of nitro benzene ring substituents is 1. The number of aliphatic hydroxyl groups is 1. The molecule has 0 aliphatic heterocycles. The van der Waals surface area contributed by atoms with E-state index in [0.717, 1.165) is 0 Å².